The Morgan fingerprint density at radius 3 is 2.33 bits per heavy atom. The lowest BCUT2D eigenvalue weighted by molar-refractivity contribution is -0.155. The van der Waals surface area contributed by atoms with Crippen LogP contribution in [0.25, 0.3) is 0 Å². The van der Waals surface area contributed by atoms with Gasteiger partial charge in [0.25, 0.3) is 5.91 Å². The first kappa shape index (κ1) is 17.8. The summed E-state index contributed by atoms with van der Waals surface area (Å²) in [5.41, 5.74) is 1.73. The smallest absolute Gasteiger partial charge is 0.344 e. The molecule has 1 atom stereocenters. The molecule has 1 amide bonds. The van der Waals surface area contributed by atoms with Gasteiger partial charge in [0.05, 0.1) is 0 Å². The normalized spacial score (nSPS) is 11.5. The van der Waals surface area contributed by atoms with Crippen LogP contribution >= 0.6 is 11.6 Å². The predicted molar refractivity (Wildman–Crippen MR) is 92.3 cm³/mol. The van der Waals surface area contributed by atoms with Gasteiger partial charge in [-0.3, -0.25) is 4.79 Å². The molecule has 6 heteroatoms. The molecule has 0 unspecified atom stereocenters. The summed E-state index contributed by atoms with van der Waals surface area (Å²) in [5, 5.41) is 3.26. The Hall–Kier alpha value is -2.53. The number of aryl methyl sites for hydroxylation is 1. The first-order valence-corrected chi connectivity index (χ1v) is 7.77. The van der Waals surface area contributed by atoms with Gasteiger partial charge in [0, 0.05) is 10.7 Å². The summed E-state index contributed by atoms with van der Waals surface area (Å²) in [7, 11) is 0. The molecule has 0 heterocycles. The molecule has 0 bridgehead atoms. The van der Waals surface area contributed by atoms with Crippen LogP contribution in [0.1, 0.15) is 12.5 Å². The minimum absolute atomic E-state index is 0.288. The van der Waals surface area contributed by atoms with Gasteiger partial charge in [-0.2, -0.15) is 0 Å². The highest BCUT2D eigenvalue weighted by Crippen LogP contribution is 2.15. The molecule has 0 aliphatic heterocycles. The standard InChI is InChI=1S/C18H18ClNO4/c1-12-3-7-15(8-4-12)20-18(22)13(2)24-17(21)11-23-16-9-5-14(19)6-10-16/h3-10,13H,11H2,1-2H3,(H,20,22)/t13-/m1/s1. The SMILES string of the molecule is Cc1ccc(NC(=O)[C@@H](C)OC(=O)COc2ccc(Cl)cc2)cc1. The highest BCUT2D eigenvalue weighted by molar-refractivity contribution is 6.30. The monoisotopic (exact) mass is 347 g/mol. The van der Waals surface area contributed by atoms with Gasteiger partial charge in [-0.1, -0.05) is 29.3 Å². The van der Waals surface area contributed by atoms with E-state index in [-0.39, 0.29) is 6.61 Å². The fourth-order valence-electron chi connectivity index (χ4n) is 1.84. The zero-order valence-corrected chi connectivity index (χ0v) is 14.2. The molecule has 0 saturated carbocycles. The van der Waals surface area contributed by atoms with Crippen LogP contribution in [0.15, 0.2) is 48.5 Å². The zero-order chi connectivity index (χ0) is 17.5. The molecule has 0 spiro atoms. The van der Waals surface area contributed by atoms with E-state index < -0.39 is 18.0 Å². The predicted octanol–water partition coefficient (Wildman–Crippen LogP) is 3.60. The third kappa shape index (κ3) is 5.59. The van der Waals surface area contributed by atoms with Crippen molar-refractivity contribution < 1.29 is 19.1 Å². The number of carbonyl (C=O) groups is 2. The van der Waals surface area contributed by atoms with Gasteiger partial charge in [-0.25, -0.2) is 4.79 Å². The van der Waals surface area contributed by atoms with Gasteiger partial charge < -0.3 is 14.8 Å². The van der Waals surface area contributed by atoms with E-state index in [1.54, 1.807) is 36.4 Å². The molecule has 2 aromatic carbocycles. The van der Waals surface area contributed by atoms with Crippen molar-refractivity contribution in [3.05, 3.63) is 59.1 Å². The topological polar surface area (TPSA) is 64.6 Å². The quantitative estimate of drug-likeness (QED) is 0.811. The van der Waals surface area contributed by atoms with Gasteiger partial charge in [-0.15, -0.1) is 0 Å². The number of halogens is 1. The summed E-state index contributed by atoms with van der Waals surface area (Å²) >= 11 is 5.76. The van der Waals surface area contributed by atoms with Gasteiger partial charge in [0.2, 0.25) is 0 Å². The molecule has 0 fully saturated rings. The number of amides is 1. The molecule has 0 radical (unpaired) electrons. The highest BCUT2D eigenvalue weighted by Gasteiger charge is 2.18. The second kappa shape index (κ2) is 8.36. The van der Waals surface area contributed by atoms with Crippen LogP contribution in [0.4, 0.5) is 5.69 Å². The summed E-state index contributed by atoms with van der Waals surface area (Å²) in [5.74, 6) is -0.539. The average molecular weight is 348 g/mol. The second-order valence-corrected chi connectivity index (χ2v) is 5.67. The van der Waals surface area contributed by atoms with E-state index in [0.717, 1.165) is 5.56 Å². The van der Waals surface area contributed by atoms with Crippen molar-refractivity contribution in [2.24, 2.45) is 0 Å². The lowest BCUT2D eigenvalue weighted by Crippen LogP contribution is -2.31. The number of hydrogen-bond donors (Lipinski definition) is 1. The Morgan fingerprint density at radius 2 is 1.71 bits per heavy atom. The number of carbonyl (C=O) groups excluding carboxylic acids is 2. The maximum atomic E-state index is 12.0. The summed E-state index contributed by atoms with van der Waals surface area (Å²) in [6, 6.07) is 13.9. The lowest BCUT2D eigenvalue weighted by Gasteiger charge is -2.14. The van der Waals surface area contributed by atoms with Gasteiger partial charge in [0.15, 0.2) is 12.7 Å². The number of esters is 1. The summed E-state index contributed by atoms with van der Waals surface area (Å²) in [6.07, 6.45) is -0.923. The van der Waals surface area contributed by atoms with E-state index in [4.69, 9.17) is 21.1 Å². The minimum Gasteiger partial charge on any atom is -0.482 e. The Morgan fingerprint density at radius 1 is 1.08 bits per heavy atom. The van der Waals surface area contributed by atoms with Crippen LogP contribution in [0.5, 0.6) is 5.75 Å². The number of benzene rings is 2. The van der Waals surface area contributed by atoms with Crippen LogP contribution in [0, 0.1) is 6.92 Å². The molecule has 5 nitrogen and oxygen atoms in total. The molecular weight excluding hydrogens is 330 g/mol. The second-order valence-electron chi connectivity index (χ2n) is 5.23. The molecule has 24 heavy (non-hydrogen) atoms. The van der Waals surface area contributed by atoms with Crippen molar-refractivity contribution in [3.63, 3.8) is 0 Å². The highest BCUT2D eigenvalue weighted by atomic mass is 35.5. The Kier molecular flexibility index (Phi) is 6.21. The van der Waals surface area contributed by atoms with Crippen molar-refractivity contribution in [2.75, 3.05) is 11.9 Å². The van der Waals surface area contributed by atoms with Gasteiger partial charge >= 0.3 is 5.97 Å². The molecule has 126 valence electrons. The van der Waals surface area contributed by atoms with E-state index >= 15 is 0 Å². The summed E-state index contributed by atoms with van der Waals surface area (Å²) in [6.45, 7) is 3.17. The fraction of sp³-hybridized carbons (Fsp3) is 0.222. The maximum absolute atomic E-state index is 12.0. The van der Waals surface area contributed by atoms with Crippen LogP contribution in [-0.4, -0.2) is 24.6 Å². The molecule has 0 aliphatic rings. The number of anilines is 1. The van der Waals surface area contributed by atoms with E-state index in [1.165, 1.54) is 6.92 Å². The first-order chi connectivity index (χ1) is 11.4. The number of rotatable bonds is 6. The number of nitrogens with one attached hydrogen (secondary N) is 1. The molecule has 1 N–H and O–H groups in total. The van der Waals surface area contributed by atoms with E-state index in [0.29, 0.717) is 16.5 Å². The molecular formula is C18H18ClNO4. The lowest BCUT2D eigenvalue weighted by atomic mass is 10.2. The Labute approximate surface area is 145 Å². The third-order valence-electron chi connectivity index (χ3n) is 3.17. The van der Waals surface area contributed by atoms with E-state index in [2.05, 4.69) is 5.32 Å². The molecule has 2 rings (SSSR count). The van der Waals surface area contributed by atoms with Crippen molar-refractivity contribution >= 4 is 29.2 Å². The molecule has 0 aliphatic carbocycles. The number of ether oxygens (including phenoxy) is 2. The van der Waals surface area contributed by atoms with Crippen molar-refractivity contribution in [3.8, 4) is 5.75 Å². The van der Waals surface area contributed by atoms with Gasteiger partial charge in [-0.05, 0) is 50.2 Å². The van der Waals surface area contributed by atoms with Crippen molar-refractivity contribution in [1.29, 1.82) is 0 Å². The maximum Gasteiger partial charge on any atom is 0.344 e. The first-order valence-electron chi connectivity index (χ1n) is 7.39. The van der Waals surface area contributed by atoms with Crippen LogP contribution in [0.2, 0.25) is 5.02 Å². The number of hydrogen-bond acceptors (Lipinski definition) is 4. The minimum atomic E-state index is -0.923. The average Bonchev–Trinajstić information content (AvgIpc) is 2.56. The molecule has 0 saturated heterocycles. The van der Waals surface area contributed by atoms with Crippen LogP contribution in [-0.2, 0) is 14.3 Å². The summed E-state index contributed by atoms with van der Waals surface area (Å²) < 4.78 is 10.3. The fourth-order valence-corrected chi connectivity index (χ4v) is 1.96. The summed E-state index contributed by atoms with van der Waals surface area (Å²) in [4.78, 5) is 23.7. The Bertz CT molecular complexity index is 698. The van der Waals surface area contributed by atoms with Gasteiger partial charge in [0.1, 0.15) is 5.75 Å². The zero-order valence-electron chi connectivity index (χ0n) is 13.4. The van der Waals surface area contributed by atoms with Crippen LogP contribution in [0.3, 0.4) is 0 Å². The van der Waals surface area contributed by atoms with E-state index in [1.807, 2.05) is 19.1 Å². The van der Waals surface area contributed by atoms with Crippen molar-refractivity contribution in [2.45, 2.75) is 20.0 Å². The largest absolute Gasteiger partial charge is 0.482 e. The van der Waals surface area contributed by atoms with E-state index in [9.17, 15) is 9.59 Å². The van der Waals surface area contributed by atoms with Crippen LogP contribution < -0.4 is 10.1 Å². The third-order valence-corrected chi connectivity index (χ3v) is 3.42. The Balaban J connectivity index is 1.78. The van der Waals surface area contributed by atoms with Crippen molar-refractivity contribution in [1.82, 2.24) is 0 Å². The molecule has 2 aromatic rings. The molecule has 0 aromatic heterocycles.